The highest BCUT2D eigenvalue weighted by Crippen LogP contribution is 2.30. The van der Waals surface area contributed by atoms with Crippen LogP contribution in [0.3, 0.4) is 0 Å². The Hall–Kier alpha value is -2.91. The first-order valence-electron chi connectivity index (χ1n) is 9.62. The van der Waals surface area contributed by atoms with E-state index < -0.39 is 5.82 Å². The molecule has 0 atom stereocenters. The third kappa shape index (κ3) is 4.17. The van der Waals surface area contributed by atoms with E-state index in [0.717, 1.165) is 11.3 Å². The number of nitrogens with zero attached hydrogens (tertiary/aromatic N) is 4. The van der Waals surface area contributed by atoms with E-state index in [1.165, 1.54) is 30.9 Å². The van der Waals surface area contributed by atoms with Crippen molar-refractivity contribution in [1.82, 2.24) is 19.7 Å². The van der Waals surface area contributed by atoms with Crippen LogP contribution in [0.2, 0.25) is 5.02 Å². The molecule has 2 aromatic heterocycles. The van der Waals surface area contributed by atoms with Gasteiger partial charge in [0.1, 0.15) is 23.5 Å². The Morgan fingerprint density at radius 3 is 3.03 bits per heavy atom. The summed E-state index contributed by atoms with van der Waals surface area (Å²) in [7, 11) is 0. The quantitative estimate of drug-likeness (QED) is 0.595. The Labute approximate surface area is 177 Å². The number of anilines is 1. The van der Waals surface area contributed by atoms with Crippen LogP contribution < -0.4 is 5.32 Å². The van der Waals surface area contributed by atoms with Gasteiger partial charge in [0.15, 0.2) is 6.39 Å². The molecule has 30 heavy (non-hydrogen) atoms. The van der Waals surface area contributed by atoms with Crippen LogP contribution in [-0.2, 0) is 24.2 Å². The molecule has 2 amide bonds. The third-order valence-corrected chi connectivity index (χ3v) is 5.21. The van der Waals surface area contributed by atoms with Crippen molar-refractivity contribution in [2.24, 2.45) is 0 Å². The van der Waals surface area contributed by atoms with Gasteiger partial charge < -0.3 is 19.4 Å². The minimum Gasteiger partial charge on any atom is -0.451 e. The Morgan fingerprint density at radius 1 is 1.43 bits per heavy atom. The van der Waals surface area contributed by atoms with Crippen LogP contribution in [0.5, 0.6) is 0 Å². The van der Waals surface area contributed by atoms with E-state index in [2.05, 4.69) is 10.3 Å². The largest absolute Gasteiger partial charge is 0.451 e. The van der Waals surface area contributed by atoms with Crippen molar-refractivity contribution < 1.29 is 18.3 Å². The number of carbonyl (C=O) groups excluding carboxylic acids is 1. The fourth-order valence-electron chi connectivity index (χ4n) is 3.46. The van der Waals surface area contributed by atoms with Crippen molar-refractivity contribution in [1.29, 1.82) is 0 Å². The zero-order valence-corrected chi connectivity index (χ0v) is 17.2. The summed E-state index contributed by atoms with van der Waals surface area (Å²) in [6, 6.07) is 3.78. The number of urea groups is 1. The predicted octanol–water partition coefficient (Wildman–Crippen LogP) is 3.96. The number of hydrogen-bond donors (Lipinski definition) is 1. The number of nitrogens with one attached hydrogen (secondary N) is 1. The molecular weight excluding hydrogens is 413 g/mol. The topological polar surface area (TPSA) is 85.4 Å². The average Bonchev–Trinajstić information content (AvgIpc) is 3.39. The summed E-state index contributed by atoms with van der Waals surface area (Å²) in [5.41, 5.74) is 3.73. The van der Waals surface area contributed by atoms with Gasteiger partial charge in [0.05, 0.1) is 24.7 Å². The molecule has 0 saturated carbocycles. The van der Waals surface area contributed by atoms with Crippen molar-refractivity contribution in [2.45, 2.75) is 26.4 Å². The standard InChI is InChI=1S/C20H21ClFN5O3/c1-2-29-8-7-27-18-5-6-26(10-14(18)19(25-27)17-11-30-12-23-17)20(28)24-13-3-4-16(22)15(21)9-13/h3-4,9,11-12H,2,5-8,10H2,1H3,(H,24,28). The van der Waals surface area contributed by atoms with Gasteiger partial charge >= 0.3 is 6.03 Å². The van der Waals surface area contributed by atoms with E-state index >= 15 is 0 Å². The van der Waals surface area contributed by atoms with Crippen LogP contribution in [0, 0.1) is 5.82 Å². The summed E-state index contributed by atoms with van der Waals surface area (Å²) in [5, 5.41) is 7.43. The number of ether oxygens (including phenoxy) is 1. The molecule has 1 aromatic carbocycles. The van der Waals surface area contributed by atoms with E-state index in [-0.39, 0.29) is 11.1 Å². The highest BCUT2D eigenvalue weighted by Gasteiger charge is 2.29. The Kier molecular flexibility index (Phi) is 6.01. The second-order valence-electron chi connectivity index (χ2n) is 6.80. The van der Waals surface area contributed by atoms with Gasteiger partial charge in [0.25, 0.3) is 0 Å². The maximum absolute atomic E-state index is 13.4. The summed E-state index contributed by atoms with van der Waals surface area (Å²) >= 11 is 5.81. The van der Waals surface area contributed by atoms with Gasteiger partial charge in [0, 0.05) is 36.5 Å². The number of benzene rings is 1. The van der Waals surface area contributed by atoms with Crippen LogP contribution in [0.1, 0.15) is 18.2 Å². The number of amides is 2. The van der Waals surface area contributed by atoms with Crippen molar-refractivity contribution >= 4 is 23.3 Å². The zero-order valence-electron chi connectivity index (χ0n) is 16.4. The van der Waals surface area contributed by atoms with E-state index in [1.54, 1.807) is 4.90 Å². The number of halogens is 2. The second kappa shape index (κ2) is 8.85. The molecule has 3 aromatic rings. The normalized spacial score (nSPS) is 13.4. The fourth-order valence-corrected chi connectivity index (χ4v) is 3.64. The van der Waals surface area contributed by atoms with Gasteiger partial charge in [-0.05, 0) is 25.1 Å². The highest BCUT2D eigenvalue weighted by atomic mass is 35.5. The lowest BCUT2D eigenvalue weighted by atomic mass is 10.0. The molecule has 3 heterocycles. The molecule has 0 unspecified atom stereocenters. The minimum absolute atomic E-state index is 0.0439. The van der Waals surface area contributed by atoms with E-state index in [0.29, 0.717) is 56.3 Å². The van der Waals surface area contributed by atoms with Crippen LogP contribution in [-0.4, -0.2) is 45.5 Å². The average molecular weight is 434 g/mol. The zero-order chi connectivity index (χ0) is 21.1. The summed E-state index contributed by atoms with van der Waals surface area (Å²) in [5.74, 6) is -0.533. The molecule has 1 aliphatic rings. The van der Waals surface area contributed by atoms with Gasteiger partial charge in [-0.2, -0.15) is 5.10 Å². The van der Waals surface area contributed by atoms with Crippen LogP contribution in [0.15, 0.2) is 35.3 Å². The lowest BCUT2D eigenvalue weighted by Crippen LogP contribution is -2.39. The number of fused-ring (bicyclic) bond motifs is 1. The molecule has 158 valence electrons. The summed E-state index contributed by atoms with van der Waals surface area (Å²) in [6.45, 7) is 4.65. The molecule has 4 rings (SSSR count). The maximum atomic E-state index is 13.4. The number of hydrogen-bond acceptors (Lipinski definition) is 5. The van der Waals surface area contributed by atoms with Crippen molar-refractivity contribution in [2.75, 3.05) is 25.1 Å². The predicted molar refractivity (Wildman–Crippen MR) is 109 cm³/mol. The molecule has 1 aliphatic heterocycles. The minimum atomic E-state index is -0.533. The third-order valence-electron chi connectivity index (χ3n) is 4.92. The number of rotatable bonds is 6. The summed E-state index contributed by atoms with van der Waals surface area (Å²) in [4.78, 5) is 18.7. The molecule has 0 spiro atoms. The molecule has 0 bridgehead atoms. The first kappa shape index (κ1) is 20.4. The van der Waals surface area contributed by atoms with Gasteiger partial charge in [0.2, 0.25) is 0 Å². The Morgan fingerprint density at radius 2 is 2.30 bits per heavy atom. The van der Waals surface area contributed by atoms with Crippen molar-refractivity contribution in [3.05, 3.63) is 53.0 Å². The van der Waals surface area contributed by atoms with Crippen molar-refractivity contribution in [3.8, 4) is 11.4 Å². The molecule has 1 N–H and O–H groups in total. The van der Waals surface area contributed by atoms with Gasteiger partial charge in [-0.3, -0.25) is 4.68 Å². The van der Waals surface area contributed by atoms with Gasteiger partial charge in [-0.1, -0.05) is 11.6 Å². The molecule has 0 aliphatic carbocycles. The van der Waals surface area contributed by atoms with Crippen LogP contribution in [0.25, 0.3) is 11.4 Å². The Balaban J connectivity index is 1.55. The fraction of sp³-hybridized carbons (Fsp3) is 0.350. The number of carbonyl (C=O) groups is 1. The molecule has 0 saturated heterocycles. The summed E-state index contributed by atoms with van der Waals surface area (Å²) < 4.78 is 25.9. The molecular formula is C20H21ClFN5O3. The summed E-state index contributed by atoms with van der Waals surface area (Å²) in [6.07, 6.45) is 3.53. The smallest absolute Gasteiger partial charge is 0.322 e. The SMILES string of the molecule is CCOCCn1nc(-c2cocn2)c2c1CCN(C(=O)Nc1ccc(F)c(Cl)c1)C2. The lowest BCUT2D eigenvalue weighted by molar-refractivity contribution is 0.135. The van der Waals surface area contributed by atoms with Gasteiger partial charge in [-0.25, -0.2) is 14.2 Å². The monoisotopic (exact) mass is 433 g/mol. The molecule has 0 radical (unpaired) electrons. The van der Waals surface area contributed by atoms with E-state index in [4.69, 9.17) is 25.9 Å². The van der Waals surface area contributed by atoms with Crippen LogP contribution in [0.4, 0.5) is 14.9 Å². The number of aromatic nitrogens is 3. The van der Waals surface area contributed by atoms with E-state index in [9.17, 15) is 9.18 Å². The molecule has 0 fully saturated rings. The first-order chi connectivity index (χ1) is 14.6. The molecule has 8 nitrogen and oxygen atoms in total. The maximum Gasteiger partial charge on any atom is 0.322 e. The molecule has 10 heteroatoms. The Bertz CT molecular complexity index is 1040. The first-order valence-corrected chi connectivity index (χ1v) is 10.0. The van der Waals surface area contributed by atoms with Gasteiger partial charge in [-0.15, -0.1) is 0 Å². The van der Waals surface area contributed by atoms with Crippen LogP contribution >= 0.6 is 11.6 Å². The van der Waals surface area contributed by atoms with Crippen molar-refractivity contribution in [3.63, 3.8) is 0 Å². The highest BCUT2D eigenvalue weighted by molar-refractivity contribution is 6.31. The second-order valence-corrected chi connectivity index (χ2v) is 7.21. The lowest BCUT2D eigenvalue weighted by Gasteiger charge is -2.28. The number of oxazole rings is 1. The van der Waals surface area contributed by atoms with E-state index in [1.807, 2.05) is 11.6 Å².